The number of rotatable bonds is 3. The number of aryl methyl sites for hydroxylation is 1. The highest BCUT2D eigenvalue weighted by Gasteiger charge is 2.12. The fraction of sp³-hybridized carbons (Fsp3) is 0.538. The van der Waals surface area contributed by atoms with E-state index in [1.54, 1.807) is 6.07 Å². The van der Waals surface area contributed by atoms with E-state index in [2.05, 4.69) is 5.32 Å². The first-order chi connectivity index (χ1) is 7.75. The number of piperidine rings is 1. The molecule has 1 fully saturated rings. The monoisotopic (exact) mass is 225 g/mol. The van der Waals surface area contributed by atoms with Crippen molar-refractivity contribution in [2.24, 2.45) is 0 Å². The van der Waals surface area contributed by atoms with Gasteiger partial charge in [-0.05, 0) is 49.9 Å². The smallest absolute Gasteiger partial charge is 0.159 e. The average Bonchev–Trinajstić information content (AvgIpc) is 2.32. The number of hydrogen-bond donors (Lipinski definition) is 1. The van der Waals surface area contributed by atoms with Crippen molar-refractivity contribution in [1.29, 1.82) is 0 Å². The zero-order valence-corrected chi connectivity index (χ0v) is 9.31. The van der Waals surface area contributed by atoms with Gasteiger partial charge in [0, 0.05) is 6.04 Å². The molecule has 0 amide bonds. The minimum absolute atomic E-state index is 0.543. The normalized spacial score (nSPS) is 21.0. The molecule has 1 saturated heterocycles. The SMILES string of the molecule is Fc1ccc(CCC2CCCCN2)cc1F. The predicted molar refractivity (Wildman–Crippen MR) is 60.3 cm³/mol. The van der Waals surface area contributed by atoms with E-state index in [4.69, 9.17) is 0 Å². The molecule has 1 aliphatic rings. The Morgan fingerprint density at radius 2 is 2.06 bits per heavy atom. The van der Waals surface area contributed by atoms with Crippen LogP contribution in [0.25, 0.3) is 0 Å². The lowest BCUT2D eigenvalue weighted by atomic mass is 9.98. The summed E-state index contributed by atoms with van der Waals surface area (Å²) in [6.07, 6.45) is 5.54. The van der Waals surface area contributed by atoms with Crippen LogP contribution in [0.1, 0.15) is 31.2 Å². The second kappa shape index (κ2) is 5.39. The lowest BCUT2D eigenvalue weighted by Gasteiger charge is -2.23. The lowest BCUT2D eigenvalue weighted by molar-refractivity contribution is 0.382. The highest BCUT2D eigenvalue weighted by molar-refractivity contribution is 5.18. The molecule has 16 heavy (non-hydrogen) atoms. The first kappa shape index (κ1) is 11.5. The van der Waals surface area contributed by atoms with Crippen molar-refractivity contribution in [1.82, 2.24) is 5.32 Å². The van der Waals surface area contributed by atoms with Gasteiger partial charge in [-0.2, -0.15) is 0 Å². The molecule has 1 aromatic carbocycles. The molecule has 0 bridgehead atoms. The molecule has 1 aromatic rings. The summed E-state index contributed by atoms with van der Waals surface area (Å²) in [5, 5.41) is 3.45. The Morgan fingerprint density at radius 3 is 2.75 bits per heavy atom. The molecule has 2 rings (SSSR count). The van der Waals surface area contributed by atoms with Gasteiger partial charge in [-0.1, -0.05) is 12.5 Å². The largest absolute Gasteiger partial charge is 0.314 e. The standard InChI is InChI=1S/C13H17F2N/c14-12-7-5-10(9-13(12)15)4-6-11-3-1-2-8-16-11/h5,7,9,11,16H,1-4,6,8H2. The molecule has 1 nitrogen and oxygen atoms in total. The van der Waals surface area contributed by atoms with Crippen molar-refractivity contribution < 1.29 is 8.78 Å². The van der Waals surface area contributed by atoms with Gasteiger partial charge in [-0.15, -0.1) is 0 Å². The molecule has 0 saturated carbocycles. The molecule has 3 heteroatoms. The third-order valence-corrected chi connectivity index (χ3v) is 3.18. The summed E-state index contributed by atoms with van der Waals surface area (Å²) in [4.78, 5) is 0. The Hall–Kier alpha value is -0.960. The Balaban J connectivity index is 1.86. The molecule has 0 radical (unpaired) electrons. The molecule has 1 unspecified atom stereocenters. The topological polar surface area (TPSA) is 12.0 Å². The van der Waals surface area contributed by atoms with Gasteiger partial charge in [0.25, 0.3) is 0 Å². The highest BCUT2D eigenvalue weighted by Crippen LogP contribution is 2.15. The lowest BCUT2D eigenvalue weighted by Crippen LogP contribution is -2.34. The Bertz CT molecular complexity index is 346. The van der Waals surface area contributed by atoms with Crippen LogP contribution in [0.5, 0.6) is 0 Å². The molecule has 1 aliphatic heterocycles. The first-order valence-corrected chi connectivity index (χ1v) is 5.93. The van der Waals surface area contributed by atoms with E-state index in [1.807, 2.05) is 0 Å². The Morgan fingerprint density at radius 1 is 1.19 bits per heavy atom. The Kier molecular flexibility index (Phi) is 3.88. The van der Waals surface area contributed by atoms with Crippen LogP contribution in [-0.2, 0) is 6.42 Å². The minimum atomic E-state index is -0.764. The van der Waals surface area contributed by atoms with Crippen molar-refractivity contribution >= 4 is 0 Å². The van der Waals surface area contributed by atoms with Crippen LogP contribution < -0.4 is 5.32 Å². The second-order valence-corrected chi connectivity index (χ2v) is 4.43. The molecule has 0 spiro atoms. The van der Waals surface area contributed by atoms with Crippen LogP contribution in [-0.4, -0.2) is 12.6 Å². The maximum Gasteiger partial charge on any atom is 0.159 e. The van der Waals surface area contributed by atoms with Crippen molar-refractivity contribution in [3.63, 3.8) is 0 Å². The summed E-state index contributed by atoms with van der Waals surface area (Å²) in [7, 11) is 0. The Labute approximate surface area is 94.9 Å². The second-order valence-electron chi connectivity index (χ2n) is 4.43. The van der Waals surface area contributed by atoms with E-state index < -0.39 is 11.6 Å². The van der Waals surface area contributed by atoms with E-state index in [9.17, 15) is 8.78 Å². The number of nitrogens with one attached hydrogen (secondary N) is 1. The molecule has 0 aromatic heterocycles. The van der Waals surface area contributed by atoms with Crippen molar-refractivity contribution in [3.05, 3.63) is 35.4 Å². The molecule has 0 aliphatic carbocycles. The fourth-order valence-electron chi connectivity index (χ4n) is 2.21. The zero-order chi connectivity index (χ0) is 11.4. The van der Waals surface area contributed by atoms with E-state index in [0.29, 0.717) is 6.04 Å². The van der Waals surface area contributed by atoms with E-state index in [-0.39, 0.29) is 0 Å². The zero-order valence-electron chi connectivity index (χ0n) is 9.31. The van der Waals surface area contributed by atoms with Gasteiger partial charge in [-0.25, -0.2) is 8.78 Å². The summed E-state index contributed by atoms with van der Waals surface area (Å²) in [5.41, 5.74) is 0.881. The van der Waals surface area contributed by atoms with Crippen molar-refractivity contribution in [3.8, 4) is 0 Å². The highest BCUT2D eigenvalue weighted by atomic mass is 19.2. The molecule has 1 atom stereocenters. The van der Waals surface area contributed by atoms with E-state index in [1.165, 1.54) is 31.4 Å². The van der Waals surface area contributed by atoms with Gasteiger partial charge in [0.05, 0.1) is 0 Å². The third-order valence-electron chi connectivity index (χ3n) is 3.18. The minimum Gasteiger partial charge on any atom is -0.314 e. The van der Waals surface area contributed by atoms with E-state index in [0.717, 1.165) is 24.9 Å². The van der Waals surface area contributed by atoms with Crippen LogP contribution in [0.2, 0.25) is 0 Å². The first-order valence-electron chi connectivity index (χ1n) is 5.93. The summed E-state index contributed by atoms with van der Waals surface area (Å²) < 4.78 is 25.7. The van der Waals surface area contributed by atoms with Crippen LogP contribution in [0.15, 0.2) is 18.2 Å². The third kappa shape index (κ3) is 3.01. The molecular formula is C13H17F2N. The molecule has 88 valence electrons. The summed E-state index contributed by atoms with van der Waals surface area (Å²) in [6.45, 7) is 1.09. The summed E-state index contributed by atoms with van der Waals surface area (Å²) in [5.74, 6) is -1.51. The average molecular weight is 225 g/mol. The summed E-state index contributed by atoms with van der Waals surface area (Å²) in [6, 6.07) is 4.72. The van der Waals surface area contributed by atoms with Gasteiger partial charge < -0.3 is 5.32 Å². The predicted octanol–water partition coefficient (Wildman–Crippen LogP) is 3.04. The van der Waals surface area contributed by atoms with Crippen LogP contribution >= 0.6 is 0 Å². The van der Waals surface area contributed by atoms with Gasteiger partial charge >= 0.3 is 0 Å². The van der Waals surface area contributed by atoms with Gasteiger partial charge in [-0.3, -0.25) is 0 Å². The van der Waals surface area contributed by atoms with Crippen LogP contribution in [0.4, 0.5) is 8.78 Å². The van der Waals surface area contributed by atoms with E-state index >= 15 is 0 Å². The number of benzene rings is 1. The quantitative estimate of drug-likeness (QED) is 0.833. The molecular weight excluding hydrogens is 208 g/mol. The molecule has 1 heterocycles. The van der Waals surface area contributed by atoms with Gasteiger partial charge in [0.2, 0.25) is 0 Å². The van der Waals surface area contributed by atoms with Crippen LogP contribution in [0, 0.1) is 11.6 Å². The van der Waals surface area contributed by atoms with Gasteiger partial charge in [0.1, 0.15) is 0 Å². The number of halogens is 2. The van der Waals surface area contributed by atoms with Crippen molar-refractivity contribution in [2.45, 2.75) is 38.1 Å². The maximum atomic E-state index is 13.0. The van der Waals surface area contributed by atoms with Crippen LogP contribution in [0.3, 0.4) is 0 Å². The van der Waals surface area contributed by atoms with Gasteiger partial charge in [0.15, 0.2) is 11.6 Å². The van der Waals surface area contributed by atoms with Crippen molar-refractivity contribution in [2.75, 3.05) is 6.54 Å². The molecule has 1 N–H and O–H groups in total. The summed E-state index contributed by atoms with van der Waals surface area (Å²) >= 11 is 0. The fourth-order valence-corrected chi connectivity index (χ4v) is 2.21. The maximum absolute atomic E-state index is 13.0. The number of hydrogen-bond acceptors (Lipinski definition) is 1.